The fraction of sp³-hybridized carbons (Fsp3) is 0.571. The number of halogens is 1. The highest BCUT2D eigenvalue weighted by Gasteiger charge is 2.25. The molecule has 3 N–H and O–H groups in total. The van der Waals surface area contributed by atoms with Crippen molar-refractivity contribution < 1.29 is 0 Å². The fourth-order valence-corrected chi connectivity index (χ4v) is 2.60. The topological polar surface area (TPSA) is 38.0 Å². The van der Waals surface area contributed by atoms with Crippen molar-refractivity contribution in [3.8, 4) is 0 Å². The van der Waals surface area contributed by atoms with Gasteiger partial charge in [-0.3, -0.25) is 0 Å². The van der Waals surface area contributed by atoms with Crippen LogP contribution in [0.25, 0.3) is 0 Å². The highest BCUT2D eigenvalue weighted by molar-refractivity contribution is 6.33. The van der Waals surface area contributed by atoms with Crippen molar-refractivity contribution >= 4 is 23.0 Å². The maximum Gasteiger partial charge on any atom is 0.0658 e. The first-order valence-corrected chi connectivity index (χ1v) is 6.30. The Balaban J connectivity index is 2.83. The van der Waals surface area contributed by atoms with E-state index in [-0.39, 0.29) is 11.0 Å². The highest BCUT2D eigenvalue weighted by atomic mass is 35.5. The molecule has 2 nitrogen and oxygen atoms in total. The number of nitrogens with two attached hydrogens (primary N) is 1. The molecule has 0 heterocycles. The normalized spacial score (nSPS) is 12.6. The van der Waals surface area contributed by atoms with Crippen LogP contribution in [0.3, 0.4) is 0 Å². The molecule has 17 heavy (non-hydrogen) atoms. The first kappa shape index (κ1) is 14.2. The monoisotopic (exact) mass is 254 g/mol. The van der Waals surface area contributed by atoms with Crippen molar-refractivity contribution in [2.24, 2.45) is 5.41 Å². The summed E-state index contributed by atoms with van der Waals surface area (Å²) in [5, 5.41) is 4.16. The zero-order chi connectivity index (χ0) is 13.3. The molecule has 0 radical (unpaired) electrons. The van der Waals surface area contributed by atoms with Crippen LogP contribution in [0, 0.1) is 5.41 Å². The lowest BCUT2D eigenvalue weighted by atomic mass is 9.81. The Kier molecular flexibility index (Phi) is 3.98. The second-order valence-electron chi connectivity index (χ2n) is 6.49. The van der Waals surface area contributed by atoms with Gasteiger partial charge in [0.2, 0.25) is 0 Å². The first-order valence-electron chi connectivity index (χ1n) is 5.92. The third kappa shape index (κ3) is 4.86. The lowest BCUT2D eigenvalue weighted by Gasteiger charge is -2.34. The van der Waals surface area contributed by atoms with Crippen LogP contribution in [-0.2, 0) is 0 Å². The number of benzene rings is 1. The molecule has 0 spiro atoms. The molecule has 0 saturated heterocycles. The molecule has 3 heteroatoms. The molecule has 1 aromatic carbocycles. The van der Waals surface area contributed by atoms with Crippen LogP contribution >= 0.6 is 11.6 Å². The molecule has 1 rings (SSSR count). The fourth-order valence-electron chi connectivity index (χ4n) is 2.37. The second kappa shape index (κ2) is 4.77. The van der Waals surface area contributed by atoms with Gasteiger partial charge in [0, 0.05) is 11.2 Å². The maximum absolute atomic E-state index is 6.16. The van der Waals surface area contributed by atoms with Gasteiger partial charge in [-0.2, -0.15) is 0 Å². The van der Waals surface area contributed by atoms with E-state index < -0.39 is 0 Å². The van der Waals surface area contributed by atoms with Gasteiger partial charge in [0.15, 0.2) is 0 Å². The van der Waals surface area contributed by atoms with Gasteiger partial charge in [0.1, 0.15) is 0 Å². The summed E-state index contributed by atoms with van der Waals surface area (Å²) in [7, 11) is 0. The first-order chi connectivity index (χ1) is 7.59. The summed E-state index contributed by atoms with van der Waals surface area (Å²) in [5.41, 5.74) is 7.58. The van der Waals surface area contributed by atoms with E-state index in [1.807, 2.05) is 12.1 Å². The summed E-state index contributed by atoms with van der Waals surface area (Å²) >= 11 is 6.16. The van der Waals surface area contributed by atoms with Gasteiger partial charge in [-0.05, 0) is 43.9 Å². The number of nitrogen functional groups attached to an aromatic ring is 1. The Labute approximate surface area is 110 Å². The molecule has 0 atom stereocenters. The molecular weight excluding hydrogens is 232 g/mol. The molecule has 0 unspecified atom stereocenters. The van der Waals surface area contributed by atoms with Crippen molar-refractivity contribution in [1.29, 1.82) is 0 Å². The molecule has 0 aliphatic rings. The summed E-state index contributed by atoms with van der Waals surface area (Å²) in [4.78, 5) is 0. The van der Waals surface area contributed by atoms with Crippen LogP contribution in [0.5, 0.6) is 0 Å². The quantitative estimate of drug-likeness (QED) is 0.777. The number of hydrogen-bond donors (Lipinski definition) is 2. The molecule has 0 fully saturated rings. The average molecular weight is 255 g/mol. The molecule has 1 aromatic rings. The third-order valence-corrected chi connectivity index (χ3v) is 2.75. The van der Waals surface area contributed by atoms with Gasteiger partial charge in [0.25, 0.3) is 0 Å². The Hall–Kier alpha value is -0.890. The molecule has 0 saturated carbocycles. The molecule has 0 aromatic heterocycles. The SMILES string of the molecule is CC(C)(C)CC(C)(C)Nc1ccc(N)cc1Cl. The van der Waals surface area contributed by atoms with E-state index in [1.165, 1.54) is 0 Å². The van der Waals surface area contributed by atoms with Crippen LogP contribution in [0.4, 0.5) is 11.4 Å². The van der Waals surface area contributed by atoms with Crippen molar-refractivity contribution in [1.82, 2.24) is 0 Å². The van der Waals surface area contributed by atoms with Crippen molar-refractivity contribution in [3.63, 3.8) is 0 Å². The summed E-state index contributed by atoms with van der Waals surface area (Å²) < 4.78 is 0. The average Bonchev–Trinajstić information content (AvgIpc) is 2.05. The van der Waals surface area contributed by atoms with Crippen LogP contribution < -0.4 is 11.1 Å². The lowest BCUT2D eigenvalue weighted by Crippen LogP contribution is -2.35. The van der Waals surface area contributed by atoms with Crippen molar-refractivity contribution in [3.05, 3.63) is 23.2 Å². The lowest BCUT2D eigenvalue weighted by molar-refractivity contribution is 0.302. The molecule has 0 aliphatic heterocycles. The van der Waals surface area contributed by atoms with Crippen LogP contribution in [0.1, 0.15) is 41.0 Å². The second-order valence-corrected chi connectivity index (χ2v) is 6.89. The van der Waals surface area contributed by atoms with Gasteiger partial charge >= 0.3 is 0 Å². The molecular formula is C14H23ClN2. The predicted molar refractivity (Wildman–Crippen MR) is 77.6 cm³/mol. The number of nitrogens with one attached hydrogen (secondary N) is 1. The Bertz CT molecular complexity index is 392. The maximum atomic E-state index is 6.16. The highest BCUT2D eigenvalue weighted by Crippen LogP contribution is 2.32. The summed E-state index contributed by atoms with van der Waals surface area (Å²) in [6, 6.07) is 5.57. The van der Waals surface area contributed by atoms with Gasteiger partial charge in [-0.15, -0.1) is 0 Å². The Morgan fingerprint density at radius 1 is 1.18 bits per heavy atom. The van der Waals surface area contributed by atoms with E-state index in [4.69, 9.17) is 17.3 Å². The number of anilines is 2. The van der Waals surface area contributed by atoms with Gasteiger partial charge in [-0.1, -0.05) is 32.4 Å². The van der Waals surface area contributed by atoms with Crippen molar-refractivity contribution in [2.75, 3.05) is 11.1 Å². The van der Waals surface area contributed by atoms with E-state index in [2.05, 4.69) is 39.9 Å². The molecule has 0 bridgehead atoms. The van der Waals surface area contributed by atoms with E-state index in [0.29, 0.717) is 10.7 Å². The molecule has 0 aliphatic carbocycles. The largest absolute Gasteiger partial charge is 0.399 e. The van der Waals surface area contributed by atoms with Crippen LogP contribution in [-0.4, -0.2) is 5.54 Å². The Morgan fingerprint density at radius 2 is 1.76 bits per heavy atom. The molecule has 96 valence electrons. The third-order valence-electron chi connectivity index (χ3n) is 2.44. The number of hydrogen-bond acceptors (Lipinski definition) is 2. The summed E-state index contributed by atoms with van der Waals surface area (Å²) in [5.74, 6) is 0. The zero-order valence-electron chi connectivity index (χ0n) is 11.4. The van der Waals surface area contributed by atoms with E-state index >= 15 is 0 Å². The summed E-state index contributed by atoms with van der Waals surface area (Å²) in [6.45, 7) is 11.1. The minimum Gasteiger partial charge on any atom is -0.399 e. The van der Waals surface area contributed by atoms with E-state index in [0.717, 1.165) is 12.1 Å². The Morgan fingerprint density at radius 3 is 2.24 bits per heavy atom. The number of rotatable bonds is 3. The molecule has 0 amide bonds. The summed E-state index contributed by atoms with van der Waals surface area (Å²) in [6.07, 6.45) is 1.06. The van der Waals surface area contributed by atoms with E-state index in [1.54, 1.807) is 6.07 Å². The standard InChI is InChI=1S/C14H23ClN2/c1-13(2,3)9-14(4,5)17-12-7-6-10(16)8-11(12)15/h6-8,17H,9,16H2,1-5H3. The van der Waals surface area contributed by atoms with Crippen molar-refractivity contribution in [2.45, 2.75) is 46.6 Å². The predicted octanol–water partition coefficient (Wildman–Crippen LogP) is 4.55. The van der Waals surface area contributed by atoms with Gasteiger partial charge in [0.05, 0.1) is 10.7 Å². The minimum absolute atomic E-state index is 0.00198. The minimum atomic E-state index is -0.00198. The van der Waals surface area contributed by atoms with E-state index in [9.17, 15) is 0 Å². The van der Waals surface area contributed by atoms with Gasteiger partial charge < -0.3 is 11.1 Å². The van der Waals surface area contributed by atoms with Crippen LogP contribution in [0.2, 0.25) is 5.02 Å². The van der Waals surface area contributed by atoms with Gasteiger partial charge in [-0.25, -0.2) is 0 Å². The smallest absolute Gasteiger partial charge is 0.0658 e. The zero-order valence-corrected chi connectivity index (χ0v) is 12.2. The van der Waals surface area contributed by atoms with Crippen LogP contribution in [0.15, 0.2) is 18.2 Å².